The third kappa shape index (κ3) is 4.42. The van der Waals surface area contributed by atoms with Crippen molar-refractivity contribution < 1.29 is 13.2 Å². The molecule has 0 aliphatic carbocycles. The lowest BCUT2D eigenvalue weighted by Gasteiger charge is -2.16. The summed E-state index contributed by atoms with van der Waals surface area (Å²) in [6.45, 7) is 3.96. The number of aryl methyl sites for hydroxylation is 1. The van der Waals surface area contributed by atoms with Gasteiger partial charge in [0, 0.05) is 0 Å². The molecule has 142 valence electrons. The second-order valence-electron chi connectivity index (χ2n) is 6.42. The first-order chi connectivity index (χ1) is 12.9. The lowest BCUT2D eigenvalue weighted by atomic mass is 10.2. The molecule has 7 heteroatoms. The van der Waals surface area contributed by atoms with Gasteiger partial charge in [-0.2, -0.15) is 8.42 Å². The maximum atomic E-state index is 12.9. The lowest BCUT2D eigenvalue weighted by molar-refractivity contribution is -0.117. The van der Waals surface area contributed by atoms with Crippen molar-refractivity contribution in [3.05, 3.63) is 60.2 Å². The molecule has 2 aromatic carbocycles. The number of rotatable bonds is 6. The van der Waals surface area contributed by atoms with Gasteiger partial charge in [0.25, 0.3) is 10.0 Å². The highest BCUT2D eigenvalue weighted by molar-refractivity contribution is 8.16. The topological polar surface area (TPSA) is 66.8 Å². The number of unbranched alkanes of at least 4 members (excludes halogenated alkanes) is 1. The van der Waals surface area contributed by atoms with Crippen molar-refractivity contribution in [1.29, 1.82) is 0 Å². The van der Waals surface area contributed by atoms with Crippen LogP contribution in [0.4, 0.5) is 5.69 Å². The molecular weight excluding hydrogens is 380 g/mol. The van der Waals surface area contributed by atoms with E-state index in [4.69, 9.17) is 0 Å². The van der Waals surface area contributed by atoms with E-state index in [9.17, 15) is 13.2 Å². The monoisotopic (exact) mass is 402 g/mol. The standard InChI is InChI=1S/C20H22N2O3S2/c1-3-4-10-18-19(23)22(16-8-6-5-7-9-16)20(26-18)21-27(24,25)17-13-11-15(2)12-14-17/h5-9,11-14,18H,3-4,10H2,1-2H3/b21-20-. The van der Waals surface area contributed by atoms with Crippen molar-refractivity contribution in [2.45, 2.75) is 43.3 Å². The normalized spacial score (nSPS) is 19.0. The summed E-state index contributed by atoms with van der Waals surface area (Å²) in [7, 11) is -3.90. The van der Waals surface area contributed by atoms with Crippen LogP contribution in [-0.2, 0) is 14.8 Å². The van der Waals surface area contributed by atoms with Gasteiger partial charge in [-0.25, -0.2) is 0 Å². The third-order valence-corrected chi connectivity index (χ3v) is 6.89. The lowest BCUT2D eigenvalue weighted by Crippen LogP contribution is -2.32. The number of carbonyl (C=O) groups is 1. The number of para-hydroxylation sites is 1. The summed E-state index contributed by atoms with van der Waals surface area (Å²) in [6, 6.07) is 15.6. The van der Waals surface area contributed by atoms with Crippen LogP contribution >= 0.6 is 11.8 Å². The zero-order chi connectivity index (χ0) is 19.4. The maximum Gasteiger partial charge on any atom is 0.284 e. The van der Waals surface area contributed by atoms with Crippen LogP contribution in [-0.4, -0.2) is 24.7 Å². The number of nitrogens with zero attached hydrogens (tertiary/aromatic N) is 2. The van der Waals surface area contributed by atoms with Gasteiger partial charge in [-0.3, -0.25) is 9.69 Å². The second kappa shape index (κ2) is 8.27. The minimum atomic E-state index is -3.90. The average Bonchev–Trinajstić information content (AvgIpc) is 2.95. The molecule has 0 aromatic heterocycles. The zero-order valence-corrected chi connectivity index (χ0v) is 17.0. The molecule has 0 saturated carbocycles. The van der Waals surface area contributed by atoms with E-state index in [2.05, 4.69) is 11.3 Å². The SMILES string of the molecule is CCCCC1S/C(=N\S(=O)(=O)c2ccc(C)cc2)N(c2ccccc2)C1=O. The Balaban J connectivity index is 2.00. The summed E-state index contributed by atoms with van der Waals surface area (Å²) >= 11 is 1.23. The molecule has 1 aliphatic heterocycles. The smallest absolute Gasteiger partial charge is 0.273 e. The van der Waals surface area contributed by atoms with E-state index < -0.39 is 10.0 Å². The van der Waals surface area contributed by atoms with Crippen LogP contribution in [0.25, 0.3) is 0 Å². The first kappa shape index (κ1) is 19.6. The number of benzene rings is 2. The van der Waals surface area contributed by atoms with Gasteiger partial charge in [0.2, 0.25) is 5.91 Å². The molecule has 3 rings (SSSR count). The highest BCUT2D eigenvalue weighted by Gasteiger charge is 2.39. The largest absolute Gasteiger partial charge is 0.284 e. The highest BCUT2D eigenvalue weighted by Crippen LogP contribution is 2.35. The molecule has 0 bridgehead atoms. The fourth-order valence-corrected chi connectivity index (χ4v) is 5.17. The quantitative estimate of drug-likeness (QED) is 0.719. The highest BCUT2D eigenvalue weighted by atomic mass is 32.2. The van der Waals surface area contributed by atoms with Crippen LogP contribution in [0.15, 0.2) is 63.9 Å². The number of carbonyl (C=O) groups excluding carboxylic acids is 1. The van der Waals surface area contributed by atoms with Gasteiger partial charge in [0.15, 0.2) is 5.17 Å². The van der Waals surface area contributed by atoms with E-state index in [1.54, 1.807) is 24.3 Å². The Hall–Kier alpha value is -2.12. The number of thioether (sulfide) groups is 1. The summed E-state index contributed by atoms with van der Waals surface area (Å²) in [5, 5.41) is -0.0926. The third-order valence-electron chi connectivity index (χ3n) is 4.29. The Morgan fingerprint density at radius 2 is 1.74 bits per heavy atom. The van der Waals surface area contributed by atoms with E-state index in [1.165, 1.54) is 28.8 Å². The Kier molecular flexibility index (Phi) is 6.01. The predicted molar refractivity (Wildman–Crippen MR) is 111 cm³/mol. The van der Waals surface area contributed by atoms with E-state index in [0.29, 0.717) is 12.1 Å². The van der Waals surface area contributed by atoms with E-state index in [0.717, 1.165) is 18.4 Å². The zero-order valence-electron chi connectivity index (χ0n) is 15.3. The van der Waals surface area contributed by atoms with Gasteiger partial charge >= 0.3 is 0 Å². The van der Waals surface area contributed by atoms with Crippen molar-refractivity contribution >= 4 is 38.5 Å². The first-order valence-electron chi connectivity index (χ1n) is 8.89. The number of hydrogen-bond acceptors (Lipinski definition) is 4. The number of hydrogen-bond donors (Lipinski definition) is 0. The van der Waals surface area contributed by atoms with Crippen LogP contribution in [0, 0.1) is 6.92 Å². The minimum absolute atomic E-state index is 0.113. The van der Waals surface area contributed by atoms with Crippen molar-refractivity contribution in [2.24, 2.45) is 4.40 Å². The summed E-state index contributed by atoms with van der Waals surface area (Å²) < 4.78 is 29.6. The Bertz CT molecular complexity index is 939. The van der Waals surface area contributed by atoms with Crippen LogP contribution in [0.1, 0.15) is 31.7 Å². The number of amides is 1. The van der Waals surface area contributed by atoms with Gasteiger partial charge in [0.05, 0.1) is 15.8 Å². The van der Waals surface area contributed by atoms with Crippen LogP contribution in [0.5, 0.6) is 0 Å². The summed E-state index contributed by atoms with van der Waals surface area (Å²) in [6.07, 6.45) is 2.58. The Labute approximate surface area is 164 Å². The molecule has 5 nitrogen and oxygen atoms in total. The molecule has 1 amide bonds. The first-order valence-corrected chi connectivity index (χ1v) is 11.2. The fourth-order valence-electron chi connectivity index (χ4n) is 2.78. The van der Waals surface area contributed by atoms with Crippen molar-refractivity contribution in [2.75, 3.05) is 4.90 Å². The molecule has 27 heavy (non-hydrogen) atoms. The predicted octanol–water partition coefficient (Wildman–Crippen LogP) is 4.38. The number of anilines is 1. The van der Waals surface area contributed by atoms with Crippen LogP contribution in [0.3, 0.4) is 0 Å². The van der Waals surface area contributed by atoms with Gasteiger partial charge in [-0.1, -0.05) is 67.4 Å². The summed E-state index contributed by atoms with van der Waals surface area (Å²) in [4.78, 5) is 14.5. The Morgan fingerprint density at radius 3 is 2.37 bits per heavy atom. The van der Waals surface area contributed by atoms with Gasteiger partial charge < -0.3 is 0 Å². The molecule has 2 aromatic rings. The molecule has 1 unspecified atom stereocenters. The van der Waals surface area contributed by atoms with Crippen LogP contribution in [0.2, 0.25) is 0 Å². The molecule has 1 fully saturated rings. The number of amidine groups is 1. The molecule has 0 spiro atoms. The molecule has 1 saturated heterocycles. The van der Waals surface area contributed by atoms with Crippen LogP contribution < -0.4 is 4.90 Å². The van der Waals surface area contributed by atoms with Crippen molar-refractivity contribution in [1.82, 2.24) is 0 Å². The van der Waals surface area contributed by atoms with Crippen molar-refractivity contribution in [3.8, 4) is 0 Å². The second-order valence-corrected chi connectivity index (χ2v) is 9.19. The molecule has 0 N–H and O–H groups in total. The van der Waals surface area contributed by atoms with E-state index in [-0.39, 0.29) is 21.2 Å². The molecule has 1 atom stereocenters. The fraction of sp³-hybridized carbons (Fsp3) is 0.300. The van der Waals surface area contributed by atoms with Gasteiger partial charge in [-0.15, -0.1) is 4.40 Å². The van der Waals surface area contributed by atoms with Gasteiger partial charge in [-0.05, 0) is 37.6 Å². The van der Waals surface area contributed by atoms with E-state index >= 15 is 0 Å². The minimum Gasteiger partial charge on any atom is -0.273 e. The molecular formula is C20H22N2O3S2. The molecule has 1 heterocycles. The summed E-state index contributed by atoms with van der Waals surface area (Å²) in [5.41, 5.74) is 1.60. The van der Waals surface area contributed by atoms with E-state index in [1.807, 2.05) is 25.1 Å². The maximum absolute atomic E-state index is 12.9. The Morgan fingerprint density at radius 1 is 1.07 bits per heavy atom. The molecule has 0 radical (unpaired) electrons. The number of sulfonamides is 1. The van der Waals surface area contributed by atoms with Crippen molar-refractivity contribution in [3.63, 3.8) is 0 Å². The summed E-state index contributed by atoms with van der Waals surface area (Å²) in [5.74, 6) is -0.113. The average molecular weight is 403 g/mol. The molecule has 1 aliphatic rings. The van der Waals surface area contributed by atoms with Gasteiger partial charge in [0.1, 0.15) is 0 Å².